The molecule has 4 heteroatoms. The van der Waals surface area contributed by atoms with E-state index in [1.165, 1.54) is 56.6 Å². The van der Waals surface area contributed by atoms with Gasteiger partial charge >= 0.3 is 0 Å². The van der Waals surface area contributed by atoms with Crippen LogP contribution in [0.5, 0.6) is 0 Å². The molecule has 3 heterocycles. The Kier molecular flexibility index (Phi) is 3.43. The fraction of sp³-hybridized carbons (Fsp3) is 0.769. The van der Waals surface area contributed by atoms with E-state index in [2.05, 4.69) is 20.4 Å². The van der Waals surface area contributed by atoms with E-state index in [0.717, 1.165) is 13.1 Å². The summed E-state index contributed by atoms with van der Waals surface area (Å²) >= 11 is 0. The Morgan fingerprint density at radius 3 is 2.94 bits per heavy atom. The molecule has 0 spiro atoms. The van der Waals surface area contributed by atoms with Gasteiger partial charge in [-0.3, -0.25) is 10.00 Å². The molecular formula is C13H22N4. The highest BCUT2D eigenvalue weighted by Gasteiger charge is 2.21. The molecule has 2 aliphatic heterocycles. The molecule has 0 bridgehead atoms. The first-order chi connectivity index (χ1) is 8.43. The number of H-pyrrole nitrogens is 1. The Morgan fingerprint density at radius 2 is 2.18 bits per heavy atom. The van der Waals surface area contributed by atoms with Crippen LogP contribution in [0.2, 0.25) is 0 Å². The molecule has 0 saturated carbocycles. The van der Waals surface area contributed by atoms with Crippen molar-refractivity contribution < 1.29 is 0 Å². The van der Waals surface area contributed by atoms with Crippen LogP contribution in [0.25, 0.3) is 0 Å². The van der Waals surface area contributed by atoms with Crippen LogP contribution in [-0.4, -0.2) is 41.3 Å². The van der Waals surface area contributed by atoms with E-state index < -0.39 is 0 Å². The van der Waals surface area contributed by atoms with Crippen molar-refractivity contribution in [1.29, 1.82) is 0 Å². The minimum atomic E-state index is 0.642. The van der Waals surface area contributed by atoms with Crippen molar-refractivity contribution in [2.24, 2.45) is 0 Å². The van der Waals surface area contributed by atoms with Crippen molar-refractivity contribution in [3.63, 3.8) is 0 Å². The Hall–Kier alpha value is -0.870. The fourth-order valence-electron chi connectivity index (χ4n) is 3.08. The second-order valence-corrected chi connectivity index (χ2v) is 5.34. The quantitative estimate of drug-likeness (QED) is 0.832. The first-order valence-corrected chi connectivity index (χ1v) is 6.88. The molecule has 0 amide bonds. The van der Waals surface area contributed by atoms with E-state index in [1.54, 1.807) is 0 Å². The van der Waals surface area contributed by atoms with Crippen LogP contribution in [0.3, 0.4) is 0 Å². The second-order valence-electron chi connectivity index (χ2n) is 5.34. The average Bonchev–Trinajstić information content (AvgIpc) is 3.02. The summed E-state index contributed by atoms with van der Waals surface area (Å²) in [7, 11) is 0. The third-order valence-corrected chi connectivity index (χ3v) is 4.05. The van der Waals surface area contributed by atoms with Gasteiger partial charge in [-0.1, -0.05) is 0 Å². The molecule has 2 aliphatic rings. The molecule has 0 aliphatic carbocycles. The summed E-state index contributed by atoms with van der Waals surface area (Å²) in [5.74, 6) is 0.642. The summed E-state index contributed by atoms with van der Waals surface area (Å²) in [6.45, 7) is 5.88. The van der Waals surface area contributed by atoms with Crippen LogP contribution in [0.4, 0.5) is 0 Å². The molecule has 1 atom stereocenters. The number of piperidine rings is 1. The molecule has 0 unspecified atom stereocenters. The van der Waals surface area contributed by atoms with E-state index >= 15 is 0 Å². The molecule has 17 heavy (non-hydrogen) atoms. The Bertz CT molecular complexity index is 348. The predicted molar refractivity (Wildman–Crippen MR) is 67.9 cm³/mol. The normalized spacial score (nSPS) is 26.5. The minimum Gasteiger partial charge on any atom is -0.316 e. The number of hydrogen-bond acceptors (Lipinski definition) is 3. The third kappa shape index (κ3) is 2.53. The lowest BCUT2D eigenvalue weighted by Crippen LogP contribution is -2.29. The second kappa shape index (κ2) is 5.19. The number of hydrogen-bond donors (Lipinski definition) is 2. The number of nitrogens with zero attached hydrogens (tertiary/aromatic N) is 2. The van der Waals surface area contributed by atoms with Crippen molar-refractivity contribution >= 4 is 0 Å². The topological polar surface area (TPSA) is 44.0 Å². The van der Waals surface area contributed by atoms with Crippen molar-refractivity contribution in [1.82, 2.24) is 20.4 Å². The first-order valence-electron chi connectivity index (χ1n) is 6.88. The van der Waals surface area contributed by atoms with Crippen molar-refractivity contribution in [3.8, 4) is 0 Å². The smallest absolute Gasteiger partial charge is 0.0535 e. The van der Waals surface area contributed by atoms with Crippen molar-refractivity contribution in [2.45, 2.75) is 38.1 Å². The van der Waals surface area contributed by atoms with Gasteiger partial charge in [0.1, 0.15) is 0 Å². The lowest BCUT2D eigenvalue weighted by atomic mass is 9.94. The molecule has 2 saturated heterocycles. The van der Waals surface area contributed by atoms with Gasteiger partial charge in [0.2, 0.25) is 0 Å². The number of aromatic amines is 1. The summed E-state index contributed by atoms with van der Waals surface area (Å²) < 4.78 is 0. The van der Waals surface area contributed by atoms with Gasteiger partial charge in [0, 0.05) is 30.3 Å². The zero-order valence-electron chi connectivity index (χ0n) is 10.4. The highest BCUT2D eigenvalue weighted by atomic mass is 15.2. The van der Waals surface area contributed by atoms with Gasteiger partial charge in [-0.05, 0) is 45.3 Å². The van der Waals surface area contributed by atoms with Gasteiger partial charge in [-0.15, -0.1) is 0 Å². The Labute approximate surface area is 103 Å². The van der Waals surface area contributed by atoms with E-state index in [0.29, 0.717) is 5.92 Å². The van der Waals surface area contributed by atoms with Crippen LogP contribution in [0, 0.1) is 0 Å². The highest BCUT2D eigenvalue weighted by Crippen LogP contribution is 2.25. The lowest BCUT2D eigenvalue weighted by Gasteiger charge is -2.23. The van der Waals surface area contributed by atoms with Crippen LogP contribution in [-0.2, 0) is 6.54 Å². The van der Waals surface area contributed by atoms with Gasteiger partial charge in [0.15, 0.2) is 0 Å². The monoisotopic (exact) mass is 234 g/mol. The molecule has 1 aromatic heterocycles. The minimum absolute atomic E-state index is 0.642. The van der Waals surface area contributed by atoms with Gasteiger partial charge in [0.05, 0.1) is 6.20 Å². The molecule has 2 N–H and O–H groups in total. The van der Waals surface area contributed by atoms with Gasteiger partial charge in [-0.2, -0.15) is 5.10 Å². The van der Waals surface area contributed by atoms with E-state index in [1.807, 2.05) is 6.20 Å². The Balaban J connectivity index is 1.69. The van der Waals surface area contributed by atoms with Gasteiger partial charge in [0.25, 0.3) is 0 Å². The molecule has 2 fully saturated rings. The molecule has 0 aromatic carbocycles. The number of rotatable bonds is 3. The van der Waals surface area contributed by atoms with Gasteiger partial charge < -0.3 is 5.32 Å². The van der Waals surface area contributed by atoms with Crippen molar-refractivity contribution in [3.05, 3.63) is 17.5 Å². The standard InChI is InChI=1S/C13H22N4/c1-2-7-17(6-1)10-12-9-15-16-13(12)11-4-3-5-14-8-11/h9,11,14H,1-8,10H2,(H,15,16)/t11-/m1/s1. The number of likely N-dealkylation sites (tertiary alicyclic amines) is 1. The molecule has 94 valence electrons. The van der Waals surface area contributed by atoms with E-state index in [-0.39, 0.29) is 0 Å². The maximum absolute atomic E-state index is 4.26. The maximum atomic E-state index is 4.26. The van der Waals surface area contributed by atoms with E-state index in [4.69, 9.17) is 0 Å². The number of nitrogens with one attached hydrogen (secondary N) is 2. The molecule has 0 radical (unpaired) electrons. The summed E-state index contributed by atoms with van der Waals surface area (Å²) in [5, 5.41) is 11.0. The molecular weight excluding hydrogens is 212 g/mol. The zero-order valence-corrected chi connectivity index (χ0v) is 10.4. The van der Waals surface area contributed by atoms with Crippen LogP contribution in [0.1, 0.15) is 42.9 Å². The molecule has 1 aromatic rings. The maximum Gasteiger partial charge on any atom is 0.0535 e. The third-order valence-electron chi connectivity index (χ3n) is 4.05. The SMILES string of the molecule is c1n[nH]c([C@@H]2CCCNC2)c1CN1CCCC1. The van der Waals surface area contributed by atoms with E-state index in [9.17, 15) is 0 Å². The number of aromatic nitrogens is 2. The summed E-state index contributed by atoms with van der Waals surface area (Å²) in [6, 6.07) is 0. The predicted octanol–water partition coefficient (Wildman–Crippen LogP) is 1.47. The largest absolute Gasteiger partial charge is 0.316 e. The summed E-state index contributed by atoms with van der Waals surface area (Å²) in [6.07, 6.45) is 7.33. The van der Waals surface area contributed by atoms with Gasteiger partial charge in [-0.25, -0.2) is 0 Å². The molecule has 3 rings (SSSR count). The summed E-state index contributed by atoms with van der Waals surface area (Å²) in [4.78, 5) is 2.55. The van der Waals surface area contributed by atoms with Crippen LogP contribution >= 0.6 is 0 Å². The Morgan fingerprint density at radius 1 is 1.29 bits per heavy atom. The van der Waals surface area contributed by atoms with Crippen molar-refractivity contribution in [2.75, 3.05) is 26.2 Å². The average molecular weight is 234 g/mol. The van der Waals surface area contributed by atoms with Crippen LogP contribution < -0.4 is 5.32 Å². The van der Waals surface area contributed by atoms with Crippen LogP contribution in [0.15, 0.2) is 6.20 Å². The molecule has 4 nitrogen and oxygen atoms in total. The zero-order chi connectivity index (χ0) is 11.5. The highest BCUT2D eigenvalue weighted by molar-refractivity contribution is 5.21. The fourth-order valence-corrected chi connectivity index (χ4v) is 3.08. The summed E-state index contributed by atoms with van der Waals surface area (Å²) in [5.41, 5.74) is 2.80. The lowest BCUT2D eigenvalue weighted by molar-refractivity contribution is 0.328. The first kappa shape index (κ1) is 11.2.